The normalized spacial score (nSPS) is 23.6. The van der Waals surface area contributed by atoms with E-state index in [1.54, 1.807) is 0 Å². The minimum Gasteiger partial charge on any atom is -0.493 e. The second-order valence-electron chi connectivity index (χ2n) is 11.0. The van der Waals surface area contributed by atoms with E-state index in [2.05, 4.69) is 5.32 Å². The molecule has 2 aromatic rings. The van der Waals surface area contributed by atoms with Gasteiger partial charge in [-0.05, 0) is 43.4 Å². The summed E-state index contributed by atoms with van der Waals surface area (Å²) in [6, 6.07) is 12.6. The Labute approximate surface area is 252 Å². The number of carbonyl (C=O) groups is 1. The standard InChI is InChI=1S/C30H40N2O10S/c1-37-26-13-12-22(17-27(26)38-2)43(35,36)32(42-21-10-6-7-11-21)18-25(33)24(16-20-8-4-3-5-9-20)31-30(34)41-28-19-40-29-23(28)14-15-39-29/h3-5,8-9,12-13,17,21,23-25,28-29,33H,6-7,10-11,14-16,18-19H2,1-2H3,(H,31,34)/t23-,24-,25+,28?,29+/m0/s1. The zero-order valence-electron chi connectivity index (χ0n) is 24.4. The van der Waals surface area contributed by atoms with Crippen molar-refractivity contribution in [3.63, 3.8) is 0 Å². The van der Waals surface area contributed by atoms with Crippen LogP contribution in [-0.2, 0) is 35.5 Å². The van der Waals surface area contributed by atoms with Gasteiger partial charge in [0.15, 0.2) is 17.8 Å². The van der Waals surface area contributed by atoms with E-state index in [0.717, 1.165) is 29.3 Å². The maximum Gasteiger partial charge on any atom is 0.407 e. The van der Waals surface area contributed by atoms with Gasteiger partial charge in [-0.2, -0.15) is 0 Å². The monoisotopic (exact) mass is 620 g/mol. The largest absolute Gasteiger partial charge is 0.493 e. The predicted molar refractivity (Wildman–Crippen MR) is 154 cm³/mol. The van der Waals surface area contributed by atoms with Gasteiger partial charge in [0.1, 0.15) is 6.10 Å². The number of alkyl carbamates (subject to hydrolysis) is 1. The number of carbonyl (C=O) groups excluding carboxylic acids is 1. The number of nitrogens with one attached hydrogen (secondary N) is 1. The Morgan fingerprint density at radius 3 is 2.51 bits per heavy atom. The minimum atomic E-state index is -4.26. The molecule has 12 nitrogen and oxygen atoms in total. The molecule has 0 aromatic heterocycles. The predicted octanol–water partition coefficient (Wildman–Crippen LogP) is 3.03. The molecule has 3 aliphatic rings. The van der Waals surface area contributed by atoms with Crippen molar-refractivity contribution >= 4 is 16.1 Å². The number of benzene rings is 2. The number of aliphatic hydroxyl groups is 1. The molecule has 43 heavy (non-hydrogen) atoms. The second-order valence-corrected chi connectivity index (χ2v) is 12.8. The average Bonchev–Trinajstić information content (AvgIpc) is 3.77. The van der Waals surface area contributed by atoms with Crippen LogP contribution in [0.4, 0.5) is 4.79 Å². The van der Waals surface area contributed by atoms with Gasteiger partial charge in [0.05, 0.1) is 63.0 Å². The summed E-state index contributed by atoms with van der Waals surface area (Å²) in [6.45, 7) is 0.328. The molecule has 0 bridgehead atoms. The fraction of sp³-hybridized carbons (Fsp3) is 0.567. The lowest BCUT2D eigenvalue weighted by molar-refractivity contribution is -0.145. The van der Waals surface area contributed by atoms with E-state index >= 15 is 0 Å². The van der Waals surface area contributed by atoms with Crippen LogP contribution in [0.25, 0.3) is 0 Å². The lowest BCUT2D eigenvalue weighted by atomic mass is 10.0. The molecular formula is C30H40N2O10S. The smallest absolute Gasteiger partial charge is 0.407 e. The Bertz CT molecular complexity index is 1320. The Morgan fingerprint density at radius 1 is 1.05 bits per heavy atom. The highest BCUT2D eigenvalue weighted by Gasteiger charge is 2.44. The molecular weight excluding hydrogens is 580 g/mol. The van der Waals surface area contributed by atoms with Crippen LogP contribution in [0.3, 0.4) is 0 Å². The molecule has 2 saturated heterocycles. The number of methoxy groups -OCH3 is 2. The molecule has 2 aliphatic heterocycles. The van der Waals surface area contributed by atoms with Crippen molar-refractivity contribution in [3.05, 3.63) is 54.1 Å². The van der Waals surface area contributed by atoms with Crippen molar-refractivity contribution in [1.29, 1.82) is 0 Å². The molecule has 2 aromatic carbocycles. The molecule has 3 fully saturated rings. The van der Waals surface area contributed by atoms with Crippen LogP contribution in [0, 0.1) is 5.92 Å². The van der Waals surface area contributed by atoms with Crippen LogP contribution >= 0.6 is 0 Å². The second kappa shape index (κ2) is 14.2. The first kappa shape index (κ1) is 31.5. The molecule has 0 radical (unpaired) electrons. The van der Waals surface area contributed by atoms with Gasteiger partial charge < -0.3 is 34.1 Å². The van der Waals surface area contributed by atoms with Gasteiger partial charge in [0.2, 0.25) is 0 Å². The summed E-state index contributed by atoms with van der Waals surface area (Å²) in [6.07, 6.45) is 0.902. The lowest BCUT2D eigenvalue weighted by Gasteiger charge is -2.31. The van der Waals surface area contributed by atoms with Crippen LogP contribution in [-0.4, -0.2) is 88.7 Å². The number of hydroxylamine groups is 1. The zero-order valence-corrected chi connectivity index (χ0v) is 25.2. The van der Waals surface area contributed by atoms with Crippen LogP contribution in [0.5, 0.6) is 11.5 Å². The third-order valence-electron chi connectivity index (χ3n) is 8.14. The molecule has 1 amide bonds. The molecule has 0 spiro atoms. The van der Waals surface area contributed by atoms with E-state index in [0.29, 0.717) is 25.2 Å². The summed E-state index contributed by atoms with van der Waals surface area (Å²) < 4.78 is 56.0. The fourth-order valence-corrected chi connectivity index (χ4v) is 7.07. The molecule has 5 rings (SSSR count). The summed E-state index contributed by atoms with van der Waals surface area (Å²) in [4.78, 5) is 19.0. The fourth-order valence-electron chi connectivity index (χ4n) is 5.75. The summed E-state index contributed by atoms with van der Waals surface area (Å²) in [5.41, 5.74) is 0.839. The number of aliphatic hydroxyl groups excluding tert-OH is 1. The third kappa shape index (κ3) is 7.59. The molecule has 1 unspecified atom stereocenters. The number of fused-ring (bicyclic) bond motifs is 1. The minimum absolute atomic E-state index is 0.0508. The van der Waals surface area contributed by atoms with Crippen molar-refractivity contribution in [2.75, 3.05) is 34.0 Å². The Balaban J connectivity index is 1.36. The molecule has 2 heterocycles. The SMILES string of the molecule is COc1ccc(S(=O)(=O)N(C[C@@H](O)[C@H](Cc2ccccc2)NC(=O)OC2CO[C@H]3OCC[C@@H]23)OC2CCCC2)cc1OC. The molecule has 2 N–H and O–H groups in total. The molecule has 1 saturated carbocycles. The maximum atomic E-state index is 13.9. The molecule has 236 valence electrons. The first-order chi connectivity index (χ1) is 20.8. The number of amides is 1. The number of hydrogen-bond acceptors (Lipinski definition) is 10. The Kier molecular flexibility index (Phi) is 10.4. The van der Waals surface area contributed by atoms with E-state index < -0.39 is 40.9 Å². The summed E-state index contributed by atoms with van der Waals surface area (Å²) in [5.74, 6) is 0.561. The highest BCUT2D eigenvalue weighted by molar-refractivity contribution is 7.89. The summed E-state index contributed by atoms with van der Waals surface area (Å²) in [7, 11) is -1.38. The lowest BCUT2D eigenvalue weighted by Crippen LogP contribution is -2.51. The average molecular weight is 621 g/mol. The van der Waals surface area contributed by atoms with Crippen molar-refractivity contribution in [1.82, 2.24) is 9.79 Å². The van der Waals surface area contributed by atoms with Crippen LogP contribution < -0.4 is 14.8 Å². The molecule has 1 aliphatic carbocycles. The van der Waals surface area contributed by atoms with Gasteiger partial charge in [-0.1, -0.05) is 47.6 Å². The van der Waals surface area contributed by atoms with Crippen molar-refractivity contribution in [3.8, 4) is 11.5 Å². The first-order valence-corrected chi connectivity index (χ1v) is 16.1. The molecule has 5 atom stereocenters. The third-order valence-corrected chi connectivity index (χ3v) is 9.76. The highest BCUT2D eigenvalue weighted by Crippen LogP contribution is 2.34. The van der Waals surface area contributed by atoms with Gasteiger partial charge >= 0.3 is 6.09 Å². The Hall–Kier alpha value is -2.94. The van der Waals surface area contributed by atoms with Crippen LogP contribution in [0.15, 0.2) is 53.4 Å². The van der Waals surface area contributed by atoms with Crippen LogP contribution in [0.1, 0.15) is 37.7 Å². The number of ether oxygens (including phenoxy) is 5. The quantitative estimate of drug-likeness (QED) is 0.321. The van der Waals surface area contributed by atoms with Gasteiger partial charge in [0, 0.05) is 6.07 Å². The van der Waals surface area contributed by atoms with Crippen molar-refractivity contribution in [2.45, 2.75) is 74.1 Å². The molecule has 13 heteroatoms. The van der Waals surface area contributed by atoms with Crippen molar-refractivity contribution in [2.24, 2.45) is 5.92 Å². The van der Waals surface area contributed by atoms with Crippen molar-refractivity contribution < 1.29 is 46.8 Å². The van der Waals surface area contributed by atoms with E-state index in [4.69, 9.17) is 28.5 Å². The van der Waals surface area contributed by atoms with E-state index in [1.807, 2.05) is 30.3 Å². The van der Waals surface area contributed by atoms with Crippen LogP contribution in [0.2, 0.25) is 0 Å². The van der Waals surface area contributed by atoms with E-state index in [1.165, 1.54) is 32.4 Å². The van der Waals surface area contributed by atoms with Gasteiger partial charge in [-0.25, -0.2) is 13.2 Å². The van der Waals surface area contributed by atoms with Gasteiger partial charge in [-0.15, -0.1) is 0 Å². The highest BCUT2D eigenvalue weighted by atomic mass is 32.2. The number of rotatable bonds is 13. The number of hydrogen-bond donors (Lipinski definition) is 2. The van der Waals surface area contributed by atoms with Gasteiger partial charge in [-0.3, -0.25) is 4.84 Å². The van der Waals surface area contributed by atoms with Gasteiger partial charge in [0.25, 0.3) is 10.0 Å². The first-order valence-electron chi connectivity index (χ1n) is 14.6. The van der Waals surface area contributed by atoms with E-state index in [-0.39, 0.29) is 42.0 Å². The number of nitrogens with zero attached hydrogens (tertiary/aromatic N) is 1. The topological polar surface area (TPSA) is 142 Å². The number of sulfonamides is 1. The van der Waals surface area contributed by atoms with E-state index in [9.17, 15) is 18.3 Å². The summed E-state index contributed by atoms with van der Waals surface area (Å²) in [5, 5.41) is 14.3. The zero-order chi connectivity index (χ0) is 30.4. The summed E-state index contributed by atoms with van der Waals surface area (Å²) >= 11 is 0. The maximum absolute atomic E-state index is 13.9. The Morgan fingerprint density at radius 2 is 1.79 bits per heavy atom.